The summed E-state index contributed by atoms with van der Waals surface area (Å²) in [7, 11) is 0. The van der Waals surface area contributed by atoms with E-state index in [0.717, 1.165) is 17.1 Å². The lowest BCUT2D eigenvalue weighted by Gasteiger charge is -2.05. The van der Waals surface area contributed by atoms with E-state index >= 15 is 0 Å². The van der Waals surface area contributed by atoms with Crippen molar-refractivity contribution in [1.82, 2.24) is 0 Å². The van der Waals surface area contributed by atoms with Gasteiger partial charge >= 0.3 is 0 Å². The van der Waals surface area contributed by atoms with Crippen LogP contribution >= 0.6 is 0 Å². The van der Waals surface area contributed by atoms with Crippen molar-refractivity contribution in [2.45, 2.75) is 6.92 Å². The zero-order valence-corrected chi connectivity index (χ0v) is 11.6. The number of hydrogen-bond acceptors (Lipinski definition) is 3. The first-order chi connectivity index (χ1) is 10.2. The molecule has 1 aromatic heterocycles. The molecule has 3 aromatic rings. The summed E-state index contributed by atoms with van der Waals surface area (Å²) < 4.78 is 11.2. The fourth-order valence-electron chi connectivity index (χ4n) is 1.99. The van der Waals surface area contributed by atoms with Crippen LogP contribution in [0.3, 0.4) is 0 Å². The van der Waals surface area contributed by atoms with Crippen molar-refractivity contribution in [2.24, 2.45) is 0 Å². The number of para-hydroxylation sites is 1. The molecule has 0 fully saturated rings. The van der Waals surface area contributed by atoms with Crippen LogP contribution in [0, 0.1) is 0 Å². The van der Waals surface area contributed by atoms with Gasteiger partial charge in [-0.1, -0.05) is 18.2 Å². The number of hydrogen-bond donors (Lipinski definition) is 0. The van der Waals surface area contributed by atoms with Crippen LogP contribution in [0.15, 0.2) is 71.1 Å². The summed E-state index contributed by atoms with van der Waals surface area (Å²) in [5.74, 6) is 2.51. The SMILES string of the molecule is CC(=O)c1ccc(-c2ccc(Oc3ccccc3)cc2)o1. The van der Waals surface area contributed by atoms with Crippen LogP contribution in [-0.4, -0.2) is 5.78 Å². The zero-order chi connectivity index (χ0) is 14.7. The van der Waals surface area contributed by atoms with E-state index in [4.69, 9.17) is 9.15 Å². The smallest absolute Gasteiger partial charge is 0.194 e. The highest BCUT2D eigenvalue weighted by Gasteiger charge is 2.08. The van der Waals surface area contributed by atoms with E-state index < -0.39 is 0 Å². The molecule has 3 nitrogen and oxygen atoms in total. The van der Waals surface area contributed by atoms with E-state index in [1.165, 1.54) is 6.92 Å². The van der Waals surface area contributed by atoms with Crippen molar-refractivity contribution in [3.05, 3.63) is 72.5 Å². The highest BCUT2D eigenvalue weighted by Crippen LogP contribution is 2.27. The van der Waals surface area contributed by atoms with Gasteiger partial charge in [-0.15, -0.1) is 0 Å². The van der Waals surface area contributed by atoms with Crippen LogP contribution in [0.1, 0.15) is 17.5 Å². The Morgan fingerprint density at radius 1 is 0.857 bits per heavy atom. The van der Waals surface area contributed by atoms with E-state index in [1.54, 1.807) is 12.1 Å². The zero-order valence-electron chi connectivity index (χ0n) is 11.6. The van der Waals surface area contributed by atoms with Crippen LogP contribution < -0.4 is 4.74 Å². The molecule has 0 aliphatic heterocycles. The van der Waals surface area contributed by atoms with Gasteiger partial charge in [0, 0.05) is 12.5 Å². The number of carbonyl (C=O) groups excluding carboxylic acids is 1. The van der Waals surface area contributed by atoms with Crippen LogP contribution in [-0.2, 0) is 0 Å². The van der Waals surface area contributed by atoms with Crippen LogP contribution in [0.5, 0.6) is 11.5 Å². The van der Waals surface area contributed by atoms with Crippen LogP contribution in [0.2, 0.25) is 0 Å². The average Bonchev–Trinajstić information content (AvgIpc) is 2.99. The van der Waals surface area contributed by atoms with Gasteiger partial charge in [0.2, 0.25) is 0 Å². The molecule has 0 saturated heterocycles. The lowest BCUT2D eigenvalue weighted by molar-refractivity contribution is 0.0988. The Balaban J connectivity index is 1.78. The molecule has 104 valence electrons. The van der Waals surface area contributed by atoms with Crippen molar-refractivity contribution >= 4 is 5.78 Å². The minimum atomic E-state index is -0.0784. The predicted octanol–water partition coefficient (Wildman–Crippen LogP) is 4.94. The quantitative estimate of drug-likeness (QED) is 0.634. The first-order valence-corrected chi connectivity index (χ1v) is 6.66. The Hall–Kier alpha value is -2.81. The first kappa shape index (κ1) is 13.2. The number of carbonyl (C=O) groups is 1. The molecule has 0 aliphatic carbocycles. The molecule has 0 unspecified atom stereocenters. The minimum absolute atomic E-state index is 0.0784. The van der Waals surface area contributed by atoms with E-state index in [9.17, 15) is 4.79 Å². The molecule has 1 heterocycles. The molecule has 0 saturated carbocycles. The number of ketones is 1. The number of Topliss-reactive ketones (excluding diaryl/α,β-unsaturated/α-hetero) is 1. The molecule has 0 spiro atoms. The van der Waals surface area contributed by atoms with Gasteiger partial charge in [0.1, 0.15) is 17.3 Å². The Kier molecular flexibility index (Phi) is 3.56. The lowest BCUT2D eigenvalue weighted by atomic mass is 10.2. The molecule has 0 radical (unpaired) electrons. The molecule has 0 aliphatic rings. The van der Waals surface area contributed by atoms with Gasteiger partial charge in [-0.2, -0.15) is 0 Å². The second kappa shape index (κ2) is 5.67. The van der Waals surface area contributed by atoms with Gasteiger partial charge in [0.15, 0.2) is 11.5 Å². The minimum Gasteiger partial charge on any atom is -0.457 e. The molecule has 0 atom stereocenters. The highest BCUT2D eigenvalue weighted by molar-refractivity contribution is 5.91. The summed E-state index contributed by atoms with van der Waals surface area (Å²) in [6.07, 6.45) is 0. The van der Waals surface area contributed by atoms with Gasteiger partial charge < -0.3 is 9.15 Å². The van der Waals surface area contributed by atoms with Crippen molar-refractivity contribution in [1.29, 1.82) is 0 Å². The number of rotatable bonds is 4. The van der Waals surface area contributed by atoms with Gasteiger partial charge in [-0.05, 0) is 48.5 Å². The van der Waals surface area contributed by atoms with E-state index in [0.29, 0.717) is 11.5 Å². The lowest BCUT2D eigenvalue weighted by Crippen LogP contribution is -1.86. The van der Waals surface area contributed by atoms with Crippen LogP contribution in [0.4, 0.5) is 0 Å². The number of ether oxygens (including phenoxy) is 1. The van der Waals surface area contributed by atoms with E-state index in [1.807, 2.05) is 54.6 Å². The fraction of sp³-hybridized carbons (Fsp3) is 0.0556. The molecule has 3 rings (SSSR count). The molecule has 0 N–H and O–H groups in total. The summed E-state index contributed by atoms with van der Waals surface area (Å²) in [6, 6.07) is 20.6. The third-order valence-electron chi connectivity index (χ3n) is 3.07. The Morgan fingerprint density at radius 2 is 1.52 bits per heavy atom. The van der Waals surface area contributed by atoms with Gasteiger partial charge in [0.05, 0.1) is 0 Å². The fourth-order valence-corrected chi connectivity index (χ4v) is 1.99. The van der Waals surface area contributed by atoms with Crippen LogP contribution in [0.25, 0.3) is 11.3 Å². The summed E-state index contributed by atoms with van der Waals surface area (Å²) in [5.41, 5.74) is 0.905. The maximum atomic E-state index is 11.2. The summed E-state index contributed by atoms with van der Waals surface area (Å²) >= 11 is 0. The maximum Gasteiger partial charge on any atom is 0.194 e. The van der Waals surface area contributed by atoms with Gasteiger partial charge in [-0.25, -0.2) is 0 Å². The average molecular weight is 278 g/mol. The van der Waals surface area contributed by atoms with Crippen molar-refractivity contribution in [3.8, 4) is 22.8 Å². The standard InChI is InChI=1S/C18H14O3/c1-13(19)17-11-12-18(21-17)14-7-9-16(10-8-14)20-15-5-3-2-4-6-15/h2-12H,1H3. The molecule has 21 heavy (non-hydrogen) atoms. The first-order valence-electron chi connectivity index (χ1n) is 6.66. The molecule has 0 amide bonds. The Morgan fingerprint density at radius 3 is 2.14 bits per heavy atom. The van der Waals surface area contributed by atoms with Crippen molar-refractivity contribution < 1.29 is 13.9 Å². The summed E-state index contributed by atoms with van der Waals surface area (Å²) in [5, 5.41) is 0. The normalized spacial score (nSPS) is 10.3. The highest BCUT2D eigenvalue weighted by atomic mass is 16.5. The third-order valence-corrected chi connectivity index (χ3v) is 3.07. The van der Waals surface area contributed by atoms with Gasteiger partial charge in [0.25, 0.3) is 0 Å². The summed E-state index contributed by atoms with van der Waals surface area (Å²) in [4.78, 5) is 11.2. The van der Waals surface area contributed by atoms with E-state index in [2.05, 4.69) is 0 Å². The molecular formula is C18H14O3. The monoisotopic (exact) mass is 278 g/mol. The topological polar surface area (TPSA) is 39.4 Å². The second-order valence-electron chi connectivity index (χ2n) is 4.66. The predicted molar refractivity (Wildman–Crippen MR) is 80.7 cm³/mol. The Bertz CT molecular complexity index is 740. The molecule has 0 bridgehead atoms. The molecule has 2 aromatic carbocycles. The van der Waals surface area contributed by atoms with Crippen molar-refractivity contribution in [2.75, 3.05) is 0 Å². The largest absolute Gasteiger partial charge is 0.457 e. The number of benzene rings is 2. The second-order valence-corrected chi connectivity index (χ2v) is 4.66. The van der Waals surface area contributed by atoms with E-state index in [-0.39, 0.29) is 5.78 Å². The van der Waals surface area contributed by atoms with Crippen molar-refractivity contribution in [3.63, 3.8) is 0 Å². The molecule has 3 heteroatoms. The maximum absolute atomic E-state index is 11.2. The third kappa shape index (κ3) is 3.03. The summed E-state index contributed by atoms with van der Waals surface area (Å²) in [6.45, 7) is 1.49. The molecular weight excluding hydrogens is 264 g/mol. The Labute approximate surface area is 122 Å². The number of furan rings is 1. The van der Waals surface area contributed by atoms with Gasteiger partial charge in [-0.3, -0.25) is 4.79 Å².